The van der Waals surface area contributed by atoms with Gasteiger partial charge in [0.2, 0.25) is 0 Å². The molecule has 0 radical (unpaired) electrons. The van der Waals surface area contributed by atoms with E-state index in [9.17, 15) is 4.79 Å². The molecule has 0 saturated carbocycles. The molecule has 11 heavy (non-hydrogen) atoms. The van der Waals surface area contributed by atoms with Crippen LogP contribution in [0.1, 0.15) is 16.8 Å². The summed E-state index contributed by atoms with van der Waals surface area (Å²) in [7, 11) is 0. The van der Waals surface area contributed by atoms with Crippen molar-refractivity contribution in [3.8, 4) is 0 Å². The molecule has 3 nitrogen and oxygen atoms in total. The Morgan fingerprint density at radius 1 is 1.82 bits per heavy atom. The number of hydrogen-bond donors (Lipinski definition) is 1. The first kappa shape index (κ1) is 8.36. The van der Waals surface area contributed by atoms with Crippen LogP contribution in [0.4, 0.5) is 0 Å². The lowest BCUT2D eigenvalue weighted by atomic mass is 10.3. The zero-order valence-corrected chi connectivity index (χ0v) is 7.02. The lowest BCUT2D eigenvalue weighted by Gasteiger charge is -1.86. The van der Waals surface area contributed by atoms with Crippen molar-refractivity contribution in [1.29, 1.82) is 0 Å². The highest BCUT2D eigenvalue weighted by molar-refractivity contribution is 7.11. The number of rotatable bonds is 3. The monoisotopic (exact) mass is 171 g/mol. The molecule has 0 amide bonds. The van der Waals surface area contributed by atoms with E-state index in [0.717, 1.165) is 9.88 Å². The van der Waals surface area contributed by atoms with Crippen LogP contribution in [0.25, 0.3) is 0 Å². The minimum atomic E-state index is 0.00950. The lowest BCUT2D eigenvalue weighted by Crippen LogP contribution is -1.94. The molecule has 60 valence electrons. The molecule has 0 aromatic carbocycles. The molecule has 1 heterocycles. The van der Waals surface area contributed by atoms with Gasteiger partial charge < -0.3 is 5.11 Å². The normalized spacial score (nSPS) is 10.0. The Hall–Kier alpha value is -0.740. The van der Waals surface area contributed by atoms with Crippen molar-refractivity contribution in [3.63, 3.8) is 0 Å². The molecule has 0 saturated heterocycles. The van der Waals surface area contributed by atoms with Gasteiger partial charge in [-0.15, -0.1) is 11.3 Å². The summed E-state index contributed by atoms with van der Waals surface area (Å²) < 4.78 is 0. The first-order valence-electron chi connectivity index (χ1n) is 3.26. The second-order valence-electron chi connectivity index (χ2n) is 2.26. The fourth-order valence-electron chi connectivity index (χ4n) is 0.716. The average Bonchev–Trinajstić information content (AvgIpc) is 2.34. The molecule has 0 aliphatic heterocycles. The van der Waals surface area contributed by atoms with Gasteiger partial charge in [-0.2, -0.15) is 0 Å². The summed E-state index contributed by atoms with van der Waals surface area (Å²) in [6, 6.07) is 0. The van der Waals surface area contributed by atoms with E-state index in [1.165, 1.54) is 18.3 Å². The van der Waals surface area contributed by atoms with Gasteiger partial charge in [-0.1, -0.05) is 0 Å². The van der Waals surface area contributed by atoms with Gasteiger partial charge in [-0.25, -0.2) is 4.98 Å². The lowest BCUT2D eigenvalue weighted by molar-refractivity contribution is -0.116. The van der Waals surface area contributed by atoms with Crippen LogP contribution in [0.2, 0.25) is 0 Å². The summed E-state index contributed by atoms with van der Waals surface area (Å²) in [6.45, 7) is 1.54. The van der Waals surface area contributed by atoms with Crippen LogP contribution >= 0.6 is 11.3 Å². The van der Waals surface area contributed by atoms with E-state index in [1.807, 2.05) is 0 Å². The van der Waals surface area contributed by atoms with Crippen LogP contribution < -0.4 is 0 Å². The third-order valence-corrected chi connectivity index (χ3v) is 2.14. The van der Waals surface area contributed by atoms with Crippen molar-refractivity contribution < 1.29 is 9.90 Å². The van der Waals surface area contributed by atoms with Gasteiger partial charge in [0.15, 0.2) is 0 Å². The van der Waals surface area contributed by atoms with E-state index in [2.05, 4.69) is 4.98 Å². The predicted octanol–water partition coefficient (Wildman–Crippen LogP) is 0.767. The second kappa shape index (κ2) is 3.59. The third-order valence-electron chi connectivity index (χ3n) is 1.16. The van der Waals surface area contributed by atoms with E-state index < -0.39 is 0 Å². The first-order valence-corrected chi connectivity index (χ1v) is 4.08. The molecule has 1 N–H and O–H groups in total. The van der Waals surface area contributed by atoms with Crippen LogP contribution in [0.15, 0.2) is 6.20 Å². The molecule has 0 atom stereocenters. The maximum Gasteiger partial charge on any atom is 0.136 e. The van der Waals surface area contributed by atoms with Crippen molar-refractivity contribution in [1.82, 2.24) is 4.98 Å². The number of carbonyl (C=O) groups is 1. The second-order valence-corrected chi connectivity index (χ2v) is 3.46. The first-order chi connectivity index (χ1) is 5.22. The predicted molar refractivity (Wildman–Crippen MR) is 42.4 cm³/mol. The fourth-order valence-corrected chi connectivity index (χ4v) is 1.57. The van der Waals surface area contributed by atoms with Crippen LogP contribution in [0.5, 0.6) is 0 Å². The highest BCUT2D eigenvalue weighted by Gasteiger charge is 2.02. The molecule has 0 aliphatic rings. The summed E-state index contributed by atoms with van der Waals surface area (Å²) in [6.07, 6.45) is 1.98. The molecule has 0 bridgehead atoms. The molecule has 0 spiro atoms. The van der Waals surface area contributed by atoms with Crippen molar-refractivity contribution in [3.05, 3.63) is 16.1 Å². The summed E-state index contributed by atoms with van der Waals surface area (Å²) in [5, 5.41) is 9.45. The Morgan fingerprint density at radius 3 is 3.00 bits per heavy atom. The number of aliphatic hydroxyl groups excluding tert-OH is 1. The molecule has 1 aromatic rings. The van der Waals surface area contributed by atoms with Crippen molar-refractivity contribution in [2.24, 2.45) is 0 Å². The quantitative estimate of drug-likeness (QED) is 0.730. The number of thiazole rings is 1. The molecule has 1 rings (SSSR count). The number of aromatic nitrogens is 1. The van der Waals surface area contributed by atoms with Gasteiger partial charge in [0.1, 0.15) is 10.8 Å². The zero-order valence-electron chi connectivity index (χ0n) is 6.20. The summed E-state index contributed by atoms with van der Waals surface area (Å²) in [5.41, 5.74) is 0. The van der Waals surface area contributed by atoms with Crippen LogP contribution in [-0.4, -0.2) is 15.9 Å². The maximum atomic E-state index is 10.6. The number of ketones is 1. The summed E-state index contributed by atoms with van der Waals surface area (Å²) in [4.78, 5) is 15.4. The van der Waals surface area contributed by atoms with E-state index in [0.29, 0.717) is 6.42 Å². The molecule has 1 aromatic heterocycles. The van der Waals surface area contributed by atoms with E-state index >= 15 is 0 Å². The van der Waals surface area contributed by atoms with Gasteiger partial charge in [0.25, 0.3) is 0 Å². The van der Waals surface area contributed by atoms with Gasteiger partial charge in [0.05, 0.1) is 17.9 Å². The standard InChI is InChI=1S/C7H9NO2S/c1-5(10)2-7-8-3-6(4-9)11-7/h3,9H,2,4H2,1H3. The smallest absolute Gasteiger partial charge is 0.136 e. The minimum Gasteiger partial charge on any atom is -0.391 e. The molecule has 4 heteroatoms. The van der Waals surface area contributed by atoms with Gasteiger partial charge >= 0.3 is 0 Å². The van der Waals surface area contributed by atoms with Crippen molar-refractivity contribution >= 4 is 17.1 Å². The van der Waals surface area contributed by atoms with E-state index in [4.69, 9.17) is 5.11 Å². The van der Waals surface area contributed by atoms with Gasteiger partial charge in [-0.3, -0.25) is 4.79 Å². The Balaban J connectivity index is 2.65. The largest absolute Gasteiger partial charge is 0.391 e. The van der Waals surface area contributed by atoms with Gasteiger partial charge in [-0.05, 0) is 6.92 Å². The molecule has 0 unspecified atom stereocenters. The number of hydrogen-bond acceptors (Lipinski definition) is 4. The topological polar surface area (TPSA) is 50.2 Å². The number of nitrogens with zero attached hydrogens (tertiary/aromatic N) is 1. The molecule has 0 fully saturated rings. The Morgan fingerprint density at radius 2 is 2.55 bits per heavy atom. The highest BCUT2D eigenvalue weighted by atomic mass is 32.1. The van der Waals surface area contributed by atoms with E-state index in [1.54, 1.807) is 6.20 Å². The Labute approximate surface area is 68.7 Å². The molecule has 0 aliphatic carbocycles. The zero-order chi connectivity index (χ0) is 8.27. The number of aliphatic hydroxyl groups is 1. The highest BCUT2D eigenvalue weighted by Crippen LogP contribution is 2.12. The van der Waals surface area contributed by atoms with Crippen molar-refractivity contribution in [2.75, 3.05) is 0 Å². The number of Topliss-reactive ketones (excluding diaryl/α,β-unsaturated/α-hetero) is 1. The van der Waals surface area contributed by atoms with E-state index in [-0.39, 0.29) is 12.4 Å². The summed E-state index contributed by atoms with van der Waals surface area (Å²) >= 11 is 1.38. The SMILES string of the molecule is CC(=O)Cc1ncc(CO)s1. The summed E-state index contributed by atoms with van der Waals surface area (Å²) in [5.74, 6) is 0.101. The van der Waals surface area contributed by atoms with Crippen LogP contribution in [0.3, 0.4) is 0 Å². The molecular formula is C7H9NO2S. The van der Waals surface area contributed by atoms with Crippen LogP contribution in [0, 0.1) is 0 Å². The minimum absolute atomic E-state index is 0.00950. The van der Waals surface area contributed by atoms with Gasteiger partial charge in [0, 0.05) is 6.20 Å². The Bertz CT molecular complexity index is 257. The van der Waals surface area contributed by atoms with Crippen LogP contribution in [-0.2, 0) is 17.8 Å². The maximum absolute atomic E-state index is 10.6. The Kier molecular flexibility index (Phi) is 2.73. The number of carbonyl (C=O) groups excluding carboxylic acids is 1. The average molecular weight is 171 g/mol. The fraction of sp³-hybridized carbons (Fsp3) is 0.429. The third kappa shape index (κ3) is 2.40. The van der Waals surface area contributed by atoms with Crippen molar-refractivity contribution in [2.45, 2.75) is 20.0 Å². The molecular weight excluding hydrogens is 162 g/mol.